The number of nitrogens with one attached hydrogen (secondary N) is 2. The van der Waals surface area contributed by atoms with Crippen molar-refractivity contribution in [1.29, 1.82) is 0 Å². The molecule has 5 aliphatic rings. The summed E-state index contributed by atoms with van der Waals surface area (Å²) in [6.45, 7) is 1.96. The number of amides is 1. The molecule has 5 rings (SSSR count). The van der Waals surface area contributed by atoms with Gasteiger partial charge in [0.05, 0.1) is 6.04 Å². The molecular weight excluding hydrogens is 248 g/mol. The molecule has 0 unspecified atom stereocenters. The lowest BCUT2D eigenvalue weighted by molar-refractivity contribution is -0.125. The number of carbonyl (C=O) groups excluding carboxylic acids is 1. The standard InChI is InChI=1S/C17H28N2O/c20-16(15-3-1-2-4-18-15)19-11-17-8-12-5-13(9-17)7-14(6-12)10-17/h12-15,18H,1-11H2,(H,19,20)/t12?,13?,14?,15-,17?/m0/s1. The Morgan fingerprint density at radius 3 is 2.25 bits per heavy atom. The van der Waals surface area contributed by atoms with Gasteiger partial charge in [-0.05, 0) is 81.1 Å². The minimum atomic E-state index is 0.0812. The van der Waals surface area contributed by atoms with Gasteiger partial charge in [-0.1, -0.05) is 6.42 Å². The molecule has 1 heterocycles. The van der Waals surface area contributed by atoms with Crippen molar-refractivity contribution in [2.24, 2.45) is 23.2 Å². The Morgan fingerprint density at radius 1 is 1.05 bits per heavy atom. The third-order valence-electron chi connectivity index (χ3n) is 6.43. The molecule has 20 heavy (non-hydrogen) atoms. The summed E-state index contributed by atoms with van der Waals surface area (Å²) in [6.07, 6.45) is 12.0. The molecule has 4 bridgehead atoms. The van der Waals surface area contributed by atoms with Gasteiger partial charge in [0.1, 0.15) is 0 Å². The van der Waals surface area contributed by atoms with E-state index in [1.807, 2.05) is 0 Å². The molecule has 0 radical (unpaired) electrons. The van der Waals surface area contributed by atoms with Gasteiger partial charge in [0.15, 0.2) is 0 Å². The van der Waals surface area contributed by atoms with E-state index < -0.39 is 0 Å². The van der Waals surface area contributed by atoms with Crippen LogP contribution in [0.2, 0.25) is 0 Å². The topological polar surface area (TPSA) is 41.1 Å². The van der Waals surface area contributed by atoms with Crippen LogP contribution in [-0.2, 0) is 4.79 Å². The van der Waals surface area contributed by atoms with Gasteiger partial charge in [-0.15, -0.1) is 0 Å². The molecule has 1 atom stereocenters. The number of piperidine rings is 1. The quantitative estimate of drug-likeness (QED) is 0.831. The van der Waals surface area contributed by atoms with Crippen LogP contribution in [0.3, 0.4) is 0 Å². The SMILES string of the molecule is O=C(NCC12CC3CC(CC(C3)C1)C2)[C@@H]1CCCCN1. The smallest absolute Gasteiger partial charge is 0.237 e. The summed E-state index contributed by atoms with van der Waals surface area (Å²) >= 11 is 0. The van der Waals surface area contributed by atoms with Crippen LogP contribution < -0.4 is 10.6 Å². The van der Waals surface area contributed by atoms with E-state index in [9.17, 15) is 4.79 Å². The maximum atomic E-state index is 12.3. The van der Waals surface area contributed by atoms with Crippen molar-refractivity contribution in [3.8, 4) is 0 Å². The van der Waals surface area contributed by atoms with Gasteiger partial charge in [0.2, 0.25) is 5.91 Å². The Labute approximate surface area is 122 Å². The summed E-state index contributed by atoms with van der Waals surface area (Å²) in [7, 11) is 0. The van der Waals surface area contributed by atoms with E-state index in [2.05, 4.69) is 10.6 Å². The van der Waals surface area contributed by atoms with Crippen molar-refractivity contribution in [2.75, 3.05) is 13.1 Å². The van der Waals surface area contributed by atoms with Crippen molar-refractivity contribution in [2.45, 2.75) is 63.8 Å². The third-order valence-corrected chi connectivity index (χ3v) is 6.43. The first-order valence-corrected chi connectivity index (χ1v) is 8.74. The zero-order chi connectivity index (χ0) is 13.6. The maximum absolute atomic E-state index is 12.3. The van der Waals surface area contributed by atoms with E-state index in [0.717, 1.165) is 37.3 Å². The molecule has 3 nitrogen and oxygen atoms in total. The lowest BCUT2D eigenvalue weighted by atomic mass is 9.49. The van der Waals surface area contributed by atoms with Gasteiger partial charge in [0.25, 0.3) is 0 Å². The van der Waals surface area contributed by atoms with Gasteiger partial charge in [-0.3, -0.25) is 4.79 Å². The number of hydrogen-bond donors (Lipinski definition) is 2. The molecular formula is C17H28N2O. The van der Waals surface area contributed by atoms with Crippen LogP contribution in [-0.4, -0.2) is 25.0 Å². The fourth-order valence-corrected chi connectivity index (χ4v) is 5.98. The molecule has 3 heteroatoms. The van der Waals surface area contributed by atoms with Crippen LogP contribution in [0.5, 0.6) is 0 Å². The molecule has 0 aromatic heterocycles. The molecule has 4 aliphatic carbocycles. The Kier molecular flexibility index (Phi) is 3.29. The van der Waals surface area contributed by atoms with Gasteiger partial charge < -0.3 is 10.6 Å². The Hall–Kier alpha value is -0.570. The van der Waals surface area contributed by atoms with Gasteiger partial charge in [-0.25, -0.2) is 0 Å². The molecule has 1 amide bonds. The van der Waals surface area contributed by atoms with Gasteiger partial charge in [0, 0.05) is 6.54 Å². The lowest BCUT2D eigenvalue weighted by Gasteiger charge is -2.57. The van der Waals surface area contributed by atoms with E-state index in [0.29, 0.717) is 5.41 Å². The van der Waals surface area contributed by atoms with Crippen LogP contribution in [0.1, 0.15) is 57.8 Å². The fourth-order valence-electron chi connectivity index (χ4n) is 5.98. The minimum Gasteiger partial charge on any atom is -0.354 e. The van der Waals surface area contributed by atoms with Crippen molar-refractivity contribution in [3.63, 3.8) is 0 Å². The van der Waals surface area contributed by atoms with Crippen LogP contribution in [0.4, 0.5) is 0 Å². The second kappa shape index (κ2) is 5.01. The van der Waals surface area contributed by atoms with Crippen LogP contribution in [0, 0.1) is 23.2 Å². The van der Waals surface area contributed by atoms with Crippen molar-refractivity contribution in [3.05, 3.63) is 0 Å². The number of hydrogen-bond acceptors (Lipinski definition) is 2. The molecule has 1 saturated heterocycles. The van der Waals surface area contributed by atoms with Crippen molar-refractivity contribution >= 4 is 5.91 Å². The summed E-state index contributed by atoms with van der Waals surface area (Å²) in [5.74, 6) is 3.20. The molecule has 5 fully saturated rings. The Balaban J connectivity index is 1.36. The molecule has 0 aromatic rings. The summed E-state index contributed by atoms with van der Waals surface area (Å²) in [5, 5.41) is 6.67. The summed E-state index contributed by atoms with van der Waals surface area (Å²) < 4.78 is 0. The second-order valence-electron chi connectivity index (χ2n) is 8.14. The average Bonchev–Trinajstić information content (AvgIpc) is 2.44. The van der Waals surface area contributed by atoms with E-state index >= 15 is 0 Å². The van der Waals surface area contributed by atoms with E-state index in [1.165, 1.54) is 51.4 Å². The Bertz CT molecular complexity index is 351. The first kappa shape index (κ1) is 13.1. The summed E-state index contributed by atoms with van der Waals surface area (Å²) in [5.41, 5.74) is 0.471. The van der Waals surface area contributed by atoms with E-state index in [4.69, 9.17) is 0 Å². The Morgan fingerprint density at radius 2 is 1.70 bits per heavy atom. The van der Waals surface area contributed by atoms with E-state index in [1.54, 1.807) is 0 Å². The summed E-state index contributed by atoms with van der Waals surface area (Å²) in [4.78, 5) is 12.3. The van der Waals surface area contributed by atoms with Crippen molar-refractivity contribution in [1.82, 2.24) is 10.6 Å². The maximum Gasteiger partial charge on any atom is 0.237 e. The largest absolute Gasteiger partial charge is 0.354 e. The highest BCUT2D eigenvalue weighted by Crippen LogP contribution is 2.59. The average molecular weight is 276 g/mol. The zero-order valence-electron chi connectivity index (χ0n) is 12.5. The molecule has 1 aliphatic heterocycles. The fraction of sp³-hybridized carbons (Fsp3) is 0.941. The van der Waals surface area contributed by atoms with E-state index in [-0.39, 0.29) is 11.9 Å². The van der Waals surface area contributed by atoms with Gasteiger partial charge in [-0.2, -0.15) is 0 Å². The molecule has 2 N–H and O–H groups in total. The second-order valence-corrected chi connectivity index (χ2v) is 8.14. The first-order valence-electron chi connectivity index (χ1n) is 8.74. The third kappa shape index (κ3) is 2.38. The molecule has 0 spiro atoms. The predicted molar refractivity (Wildman–Crippen MR) is 79.3 cm³/mol. The van der Waals surface area contributed by atoms with Crippen molar-refractivity contribution < 1.29 is 4.79 Å². The summed E-state index contributed by atoms with van der Waals surface area (Å²) in [6, 6.07) is 0.0812. The molecule has 0 aromatic carbocycles. The highest BCUT2D eigenvalue weighted by molar-refractivity contribution is 5.81. The lowest BCUT2D eigenvalue weighted by Crippen LogP contribution is -2.54. The monoisotopic (exact) mass is 276 g/mol. The first-order chi connectivity index (χ1) is 9.72. The molecule has 112 valence electrons. The number of carbonyl (C=O) groups is 1. The molecule has 4 saturated carbocycles. The highest BCUT2D eigenvalue weighted by Gasteiger charge is 2.50. The minimum absolute atomic E-state index is 0.0812. The van der Waals surface area contributed by atoms with Gasteiger partial charge >= 0.3 is 0 Å². The van der Waals surface area contributed by atoms with Crippen LogP contribution in [0.15, 0.2) is 0 Å². The normalized spacial score (nSPS) is 46.4. The highest BCUT2D eigenvalue weighted by atomic mass is 16.2. The predicted octanol–water partition coefficient (Wildman–Crippen LogP) is 2.46. The van der Waals surface area contributed by atoms with Crippen LogP contribution in [0.25, 0.3) is 0 Å². The van der Waals surface area contributed by atoms with Crippen LogP contribution >= 0.6 is 0 Å². The number of rotatable bonds is 3. The zero-order valence-corrected chi connectivity index (χ0v) is 12.5.